The molecule has 0 unspecified atom stereocenters. The Labute approximate surface area is 165 Å². The largest absolute Gasteiger partial charge is 0.420 e. The van der Waals surface area contributed by atoms with Gasteiger partial charge < -0.3 is 10.5 Å². The molecule has 1 atom stereocenters. The number of para-hydroxylation sites is 2. The second-order valence-electron chi connectivity index (χ2n) is 7.19. The van der Waals surface area contributed by atoms with E-state index in [0.717, 1.165) is 39.1 Å². The average molecular weight is 378 g/mol. The second-order valence-corrected chi connectivity index (χ2v) is 7.19. The van der Waals surface area contributed by atoms with Crippen LogP contribution in [-0.4, -0.2) is 20.2 Å². The van der Waals surface area contributed by atoms with E-state index >= 15 is 0 Å². The highest BCUT2D eigenvalue weighted by atomic mass is 16.5. The molecule has 0 amide bonds. The van der Waals surface area contributed by atoms with Gasteiger partial charge in [0.15, 0.2) is 0 Å². The van der Waals surface area contributed by atoms with E-state index in [9.17, 15) is 5.26 Å². The van der Waals surface area contributed by atoms with Crippen LogP contribution in [-0.2, 0) is 5.41 Å². The molecule has 6 rings (SSSR count). The van der Waals surface area contributed by atoms with Gasteiger partial charge in [-0.1, -0.05) is 36.4 Å². The number of rotatable bonds is 0. The number of aromatic nitrogens is 4. The molecule has 7 nitrogen and oxygen atoms in total. The normalized spacial score (nSPS) is 18.9. The van der Waals surface area contributed by atoms with Crippen LogP contribution in [0.1, 0.15) is 22.5 Å². The van der Waals surface area contributed by atoms with Crippen LogP contribution in [0.15, 0.2) is 60.0 Å². The predicted molar refractivity (Wildman–Crippen MR) is 106 cm³/mol. The molecule has 0 radical (unpaired) electrons. The number of aromatic amines is 1. The number of hydrogen-bond acceptors (Lipinski definition) is 6. The van der Waals surface area contributed by atoms with Crippen molar-refractivity contribution in [2.24, 2.45) is 5.73 Å². The van der Waals surface area contributed by atoms with Crippen molar-refractivity contribution in [3.63, 3.8) is 0 Å². The summed E-state index contributed by atoms with van der Waals surface area (Å²) in [6.45, 7) is 1.91. The number of H-pyrrole nitrogens is 1. The van der Waals surface area contributed by atoms with Gasteiger partial charge in [-0.3, -0.25) is 5.10 Å². The lowest BCUT2D eigenvalue weighted by atomic mass is 9.68. The molecule has 0 saturated heterocycles. The van der Waals surface area contributed by atoms with Gasteiger partial charge in [0, 0.05) is 11.3 Å². The van der Waals surface area contributed by atoms with Gasteiger partial charge in [0.2, 0.25) is 11.8 Å². The van der Waals surface area contributed by atoms with E-state index in [2.05, 4.69) is 16.3 Å². The molecule has 3 N–H and O–H groups in total. The van der Waals surface area contributed by atoms with Gasteiger partial charge in [-0.15, -0.1) is 5.10 Å². The fourth-order valence-corrected chi connectivity index (χ4v) is 4.63. The minimum atomic E-state index is -1.02. The Kier molecular flexibility index (Phi) is 2.84. The van der Waals surface area contributed by atoms with Crippen LogP contribution in [0, 0.1) is 18.3 Å². The van der Waals surface area contributed by atoms with Crippen LogP contribution in [0.4, 0.5) is 0 Å². The summed E-state index contributed by atoms with van der Waals surface area (Å²) in [6.07, 6.45) is 0. The van der Waals surface area contributed by atoms with E-state index in [1.54, 1.807) is 0 Å². The minimum Gasteiger partial charge on any atom is -0.420 e. The molecule has 2 aromatic heterocycles. The Morgan fingerprint density at radius 1 is 1.07 bits per heavy atom. The smallest absolute Gasteiger partial charge is 0.244 e. The maximum atomic E-state index is 10.2. The lowest BCUT2D eigenvalue weighted by Crippen LogP contribution is -2.37. The fraction of sp³-hybridized carbons (Fsp3) is 0.0909. The predicted octanol–water partition coefficient (Wildman–Crippen LogP) is 3.06. The molecule has 7 heteroatoms. The third-order valence-electron chi connectivity index (χ3n) is 5.74. The number of ether oxygens (including phenoxy) is 1. The molecule has 3 heterocycles. The summed E-state index contributed by atoms with van der Waals surface area (Å²) in [5.41, 5.74) is 11.8. The zero-order valence-corrected chi connectivity index (χ0v) is 15.4. The molecule has 0 bridgehead atoms. The molecule has 4 aromatic rings. The standard InChI is InChI=1S/C22H14N6O/c1-11-17-21(28-27-11)29-20(24)14(10-23)22(17)13-7-3-2-6-12(13)18-19(22)26-16-9-5-4-8-15(16)25-18/h2-9H,24H2,1H3,(H,27,28)/t22-/m1/s1. The highest BCUT2D eigenvalue weighted by molar-refractivity contribution is 5.89. The quantitative estimate of drug-likeness (QED) is 0.486. The van der Waals surface area contributed by atoms with Crippen molar-refractivity contribution in [3.05, 3.63) is 82.5 Å². The van der Waals surface area contributed by atoms with Crippen LogP contribution in [0.25, 0.3) is 22.3 Å². The van der Waals surface area contributed by atoms with Crippen molar-refractivity contribution in [2.75, 3.05) is 0 Å². The number of benzene rings is 2. The number of hydrogen-bond donors (Lipinski definition) is 2. The zero-order chi connectivity index (χ0) is 19.8. The number of nitrogens with one attached hydrogen (secondary N) is 1. The molecule has 138 valence electrons. The molecule has 2 aromatic carbocycles. The Hall–Kier alpha value is -4.18. The summed E-state index contributed by atoms with van der Waals surface area (Å²) in [5.74, 6) is 0.390. The molecule has 0 saturated carbocycles. The van der Waals surface area contributed by atoms with Gasteiger partial charge in [-0.25, -0.2) is 9.97 Å². The van der Waals surface area contributed by atoms with E-state index in [4.69, 9.17) is 20.4 Å². The van der Waals surface area contributed by atoms with Crippen LogP contribution >= 0.6 is 0 Å². The van der Waals surface area contributed by atoms with Crippen LogP contribution in [0.3, 0.4) is 0 Å². The molecule has 2 aliphatic rings. The number of nitrogens with two attached hydrogens (primary N) is 1. The molecule has 29 heavy (non-hydrogen) atoms. The summed E-state index contributed by atoms with van der Waals surface area (Å²) >= 11 is 0. The highest BCUT2D eigenvalue weighted by Crippen LogP contribution is 2.59. The lowest BCUT2D eigenvalue weighted by molar-refractivity contribution is 0.366. The Morgan fingerprint density at radius 3 is 2.59 bits per heavy atom. The summed E-state index contributed by atoms with van der Waals surface area (Å²) in [6, 6.07) is 17.9. The van der Waals surface area contributed by atoms with Crippen molar-refractivity contribution >= 4 is 11.0 Å². The second kappa shape index (κ2) is 5.20. The summed E-state index contributed by atoms with van der Waals surface area (Å²) in [5, 5.41) is 17.4. The first-order chi connectivity index (χ1) is 14.2. The Bertz CT molecular complexity index is 1430. The molecular formula is C22H14N6O. The number of fused-ring (bicyclic) bond motifs is 8. The SMILES string of the molecule is Cc1[nH]nc2c1[C@]1(C(C#N)=C(N)O2)c2ccccc2-c2nc3ccccc3nc21. The number of aryl methyl sites for hydroxylation is 1. The first-order valence-corrected chi connectivity index (χ1v) is 9.17. The van der Waals surface area contributed by atoms with Gasteiger partial charge in [0.25, 0.3) is 0 Å². The van der Waals surface area contributed by atoms with Gasteiger partial charge in [-0.2, -0.15) is 5.26 Å². The van der Waals surface area contributed by atoms with Gasteiger partial charge >= 0.3 is 0 Å². The maximum Gasteiger partial charge on any atom is 0.244 e. The number of allylic oxidation sites excluding steroid dienone is 1. The van der Waals surface area contributed by atoms with Crippen molar-refractivity contribution < 1.29 is 4.74 Å². The Morgan fingerprint density at radius 2 is 1.79 bits per heavy atom. The van der Waals surface area contributed by atoms with Gasteiger partial charge in [-0.05, 0) is 24.6 Å². The highest BCUT2D eigenvalue weighted by Gasteiger charge is 2.56. The van der Waals surface area contributed by atoms with Crippen molar-refractivity contribution in [1.29, 1.82) is 5.26 Å². The van der Waals surface area contributed by atoms with E-state index in [-0.39, 0.29) is 5.88 Å². The molecule has 1 spiro atoms. The van der Waals surface area contributed by atoms with Crippen molar-refractivity contribution in [1.82, 2.24) is 20.2 Å². The summed E-state index contributed by atoms with van der Waals surface area (Å²) in [4.78, 5) is 9.92. The summed E-state index contributed by atoms with van der Waals surface area (Å²) in [7, 11) is 0. The third-order valence-corrected chi connectivity index (χ3v) is 5.74. The van der Waals surface area contributed by atoms with E-state index in [0.29, 0.717) is 17.1 Å². The van der Waals surface area contributed by atoms with E-state index in [1.165, 1.54) is 0 Å². The first kappa shape index (κ1) is 15.8. The maximum absolute atomic E-state index is 10.2. The molecule has 0 fully saturated rings. The average Bonchev–Trinajstić information content (AvgIpc) is 3.24. The van der Waals surface area contributed by atoms with E-state index in [1.807, 2.05) is 55.5 Å². The summed E-state index contributed by atoms with van der Waals surface area (Å²) < 4.78 is 5.70. The lowest BCUT2D eigenvalue weighted by Gasteiger charge is -2.34. The Balaban J connectivity index is 1.88. The topological polar surface area (TPSA) is 114 Å². The van der Waals surface area contributed by atoms with Crippen LogP contribution in [0.5, 0.6) is 5.88 Å². The van der Waals surface area contributed by atoms with Gasteiger partial charge in [0.1, 0.15) is 17.1 Å². The fourth-order valence-electron chi connectivity index (χ4n) is 4.63. The van der Waals surface area contributed by atoms with Crippen LogP contribution < -0.4 is 10.5 Å². The third kappa shape index (κ3) is 1.74. The minimum absolute atomic E-state index is 0.0316. The molecule has 1 aliphatic heterocycles. The monoisotopic (exact) mass is 378 g/mol. The zero-order valence-electron chi connectivity index (χ0n) is 15.4. The van der Waals surface area contributed by atoms with E-state index < -0.39 is 5.41 Å². The molecule has 1 aliphatic carbocycles. The van der Waals surface area contributed by atoms with Crippen molar-refractivity contribution in [2.45, 2.75) is 12.3 Å². The van der Waals surface area contributed by atoms with Crippen molar-refractivity contribution in [3.8, 4) is 23.2 Å². The number of nitriles is 1. The van der Waals surface area contributed by atoms with Crippen LogP contribution in [0.2, 0.25) is 0 Å². The van der Waals surface area contributed by atoms with Gasteiger partial charge in [0.05, 0.1) is 28.0 Å². The molecular weight excluding hydrogens is 364 g/mol. The number of nitrogens with zero attached hydrogens (tertiary/aromatic N) is 4. The first-order valence-electron chi connectivity index (χ1n) is 9.17.